The van der Waals surface area contributed by atoms with Gasteiger partial charge in [0.2, 0.25) is 5.91 Å². The van der Waals surface area contributed by atoms with Gasteiger partial charge in [-0.25, -0.2) is 4.98 Å². The van der Waals surface area contributed by atoms with E-state index >= 15 is 0 Å². The van der Waals surface area contributed by atoms with Crippen LogP contribution < -0.4 is 16.1 Å². The zero-order chi connectivity index (χ0) is 24.8. The summed E-state index contributed by atoms with van der Waals surface area (Å²) in [5.74, 6) is -0.351. The molecule has 0 radical (unpaired) electrons. The number of rotatable bonds is 10. The molecule has 9 nitrogen and oxygen atoms in total. The van der Waals surface area contributed by atoms with Gasteiger partial charge in [-0.15, -0.1) is 0 Å². The van der Waals surface area contributed by atoms with E-state index in [1.165, 1.54) is 12.5 Å². The molecule has 2 aromatic carbocycles. The quantitative estimate of drug-likeness (QED) is 0.365. The molecule has 4 aromatic rings. The Kier molecular flexibility index (Phi) is 7.25. The Labute approximate surface area is 203 Å². The maximum Gasteiger partial charge on any atom is 0.251 e. The number of nitrogens with one attached hydrogen (secondary N) is 1. The Morgan fingerprint density at radius 3 is 2.63 bits per heavy atom. The van der Waals surface area contributed by atoms with Crippen molar-refractivity contribution in [1.29, 1.82) is 0 Å². The first-order chi connectivity index (χ1) is 16.9. The highest BCUT2D eigenvalue weighted by Crippen LogP contribution is 2.27. The van der Waals surface area contributed by atoms with Gasteiger partial charge >= 0.3 is 0 Å². The number of benzene rings is 2. The van der Waals surface area contributed by atoms with Crippen LogP contribution >= 0.6 is 0 Å². The lowest BCUT2D eigenvalue weighted by molar-refractivity contribution is -0.119. The number of hydrogen-bond donors (Lipinski definition) is 2. The summed E-state index contributed by atoms with van der Waals surface area (Å²) in [4.78, 5) is 27.8. The third-order valence-corrected chi connectivity index (χ3v) is 5.61. The molecule has 1 atom stereocenters. The molecule has 9 heteroatoms. The van der Waals surface area contributed by atoms with E-state index in [2.05, 4.69) is 39.5 Å². The molecular formula is C26H28N6O3. The lowest BCUT2D eigenvalue weighted by Crippen LogP contribution is -2.42. The number of carbonyl (C=O) groups excluding carboxylic acids is 2. The minimum absolute atomic E-state index is 0.384. The van der Waals surface area contributed by atoms with Crippen molar-refractivity contribution >= 4 is 11.8 Å². The van der Waals surface area contributed by atoms with Crippen LogP contribution in [-0.2, 0) is 11.3 Å². The molecule has 0 fully saturated rings. The number of primary amides is 1. The number of aromatic nitrogens is 3. The molecule has 2 heterocycles. The maximum absolute atomic E-state index is 12.4. The van der Waals surface area contributed by atoms with E-state index in [-0.39, 0.29) is 5.91 Å². The molecule has 3 N–H and O–H groups in total. The Balaban J connectivity index is 1.47. The highest BCUT2D eigenvalue weighted by molar-refractivity contribution is 5.98. The van der Waals surface area contributed by atoms with Crippen LogP contribution in [0.15, 0.2) is 77.8 Å². The van der Waals surface area contributed by atoms with Gasteiger partial charge in [0.1, 0.15) is 18.1 Å². The first-order valence-electron chi connectivity index (χ1n) is 11.4. The van der Waals surface area contributed by atoms with Crippen molar-refractivity contribution < 1.29 is 14.1 Å². The minimum atomic E-state index is -0.762. The lowest BCUT2D eigenvalue weighted by Gasteiger charge is -2.25. The molecule has 0 bridgehead atoms. The van der Waals surface area contributed by atoms with Crippen LogP contribution in [0.2, 0.25) is 0 Å². The predicted octanol–water partition coefficient (Wildman–Crippen LogP) is 3.36. The number of nitrogens with two attached hydrogens (primary N) is 1. The first-order valence-corrected chi connectivity index (χ1v) is 11.4. The van der Waals surface area contributed by atoms with E-state index in [0.717, 1.165) is 30.6 Å². The molecule has 0 saturated heterocycles. The van der Waals surface area contributed by atoms with Crippen molar-refractivity contribution in [3.8, 4) is 22.6 Å². The number of carbonyl (C=O) groups is 2. The minimum Gasteiger partial charge on any atom is -0.368 e. The number of imidazole rings is 1. The van der Waals surface area contributed by atoms with Crippen molar-refractivity contribution in [2.75, 3.05) is 11.6 Å². The molecule has 4 rings (SSSR count). The van der Waals surface area contributed by atoms with E-state index in [1.54, 1.807) is 30.7 Å². The van der Waals surface area contributed by atoms with Crippen LogP contribution in [0.25, 0.3) is 22.6 Å². The molecule has 2 amide bonds. The maximum atomic E-state index is 12.4. The lowest BCUT2D eigenvalue weighted by atomic mass is 10.1. The largest absolute Gasteiger partial charge is 0.368 e. The van der Waals surface area contributed by atoms with Crippen molar-refractivity contribution in [3.63, 3.8) is 0 Å². The monoisotopic (exact) mass is 472 g/mol. The van der Waals surface area contributed by atoms with Crippen LogP contribution in [0.1, 0.15) is 36.2 Å². The van der Waals surface area contributed by atoms with Crippen molar-refractivity contribution in [2.45, 2.75) is 32.9 Å². The summed E-state index contributed by atoms with van der Waals surface area (Å²) in [6.45, 7) is 5.37. The Morgan fingerprint density at radius 1 is 1.14 bits per heavy atom. The second kappa shape index (κ2) is 10.7. The van der Waals surface area contributed by atoms with E-state index in [4.69, 9.17) is 10.3 Å². The van der Waals surface area contributed by atoms with Gasteiger partial charge in [0.25, 0.3) is 5.91 Å². The summed E-state index contributed by atoms with van der Waals surface area (Å²) in [5, 5.41) is 8.98. The summed E-state index contributed by atoms with van der Waals surface area (Å²) in [7, 11) is 0. The SMILES string of the molecule is CCCN(Cc1ccc(-c2cc(-c3cccc(C(=O)NC(C)C(N)=O)c3)no2)cc1)n1ccnc1. The highest BCUT2D eigenvalue weighted by Gasteiger charge is 2.16. The third kappa shape index (κ3) is 5.75. The van der Waals surface area contributed by atoms with Gasteiger partial charge in [-0.3, -0.25) is 14.3 Å². The predicted molar refractivity (Wildman–Crippen MR) is 133 cm³/mol. The molecule has 0 spiro atoms. The standard InChI is InChI=1S/C26H28N6O3/c1-3-12-31(32-13-11-28-17-32)16-19-7-9-20(10-8-19)24-15-23(30-35-24)21-5-4-6-22(14-21)26(34)29-18(2)25(27)33/h4-11,13-15,17-18H,3,12,16H2,1-2H3,(H2,27,33)(H,29,34). The normalized spacial score (nSPS) is 11.7. The van der Waals surface area contributed by atoms with Crippen molar-refractivity contribution in [1.82, 2.24) is 20.1 Å². The molecule has 1 unspecified atom stereocenters. The van der Waals surface area contributed by atoms with E-state index in [0.29, 0.717) is 17.0 Å². The Hall–Kier alpha value is -4.40. The zero-order valence-electron chi connectivity index (χ0n) is 19.7. The van der Waals surface area contributed by atoms with Gasteiger partial charge in [-0.2, -0.15) is 0 Å². The van der Waals surface area contributed by atoms with Gasteiger partial charge in [-0.1, -0.05) is 48.5 Å². The number of hydrogen-bond acceptors (Lipinski definition) is 6. The van der Waals surface area contributed by atoms with Crippen LogP contribution in [0.3, 0.4) is 0 Å². The highest BCUT2D eigenvalue weighted by atomic mass is 16.5. The summed E-state index contributed by atoms with van der Waals surface area (Å²) >= 11 is 0. The van der Waals surface area contributed by atoms with E-state index in [9.17, 15) is 9.59 Å². The second-order valence-corrected chi connectivity index (χ2v) is 8.28. The summed E-state index contributed by atoms with van der Waals surface area (Å²) in [6.07, 6.45) is 6.55. The summed E-state index contributed by atoms with van der Waals surface area (Å²) < 4.78 is 7.59. The molecule has 0 aliphatic heterocycles. The first kappa shape index (κ1) is 23.7. The zero-order valence-corrected chi connectivity index (χ0v) is 19.7. The average molecular weight is 473 g/mol. The Bertz CT molecular complexity index is 1280. The second-order valence-electron chi connectivity index (χ2n) is 8.28. The molecule has 35 heavy (non-hydrogen) atoms. The molecule has 2 aromatic heterocycles. The fourth-order valence-electron chi connectivity index (χ4n) is 3.66. The number of nitrogens with zero attached hydrogens (tertiary/aromatic N) is 4. The van der Waals surface area contributed by atoms with Crippen LogP contribution in [0.4, 0.5) is 0 Å². The fourth-order valence-corrected chi connectivity index (χ4v) is 3.66. The van der Waals surface area contributed by atoms with Crippen LogP contribution in [0.5, 0.6) is 0 Å². The van der Waals surface area contributed by atoms with E-state index < -0.39 is 11.9 Å². The van der Waals surface area contributed by atoms with E-state index in [1.807, 2.05) is 35.1 Å². The molecule has 0 saturated carbocycles. The Morgan fingerprint density at radius 2 is 1.94 bits per heavy atom. The van der Waals surface area contributed by atoms with Crippen LogP contribution in [0, 0.1) is 0 Å². The topological polar surface area (TPSA) is 119 Å². The fraction of sp³-hybridized carbons (Fsp3) is 0.231. The van der Waals surface area contributed by atoms with Gasteiger partial charge in [0, 0.05) is 41.7 Å². The van der Waals surface area contributed by atoms with Crippen molar-refractivity contribution in [2.24, 2.45) is 5.73 Å². The molecule has 180 valence electrons. The van der Waals surface area contributed by atoms with Gasteiger partial charge in [0.15, 0.2) is 5.76 Å². The van der Waals surface area contributed by atoms with Gasteiger partial charge < -0.3 is 20.6 Å². The molecular weight excluding hydrogens is 444 g/mol. The number of amides is 2. The smallest absolute Gasteiger partial charge is 0.251 e. The molecule has 0 aliphatic carbocycles. The van der Waals surface area contributed by atoms with Crippen LogP contribution in [-0.4, -0.2) is 39.2 Å². The van der Waals surface area contributed by atoms with Crippen molar-refractivity contribution in [3.05, 3.63) is 84.4 Å². The summed E-state index contributed by atoms with van der Waals surface area (Å²) in [5.41, 5.74) is 9.04. The molecule has 0 aliphatic rings. The van der Waals surface area contributed by atoms with Gasteiger partial charge in [0.05, 0.1) is 6.54 Å². The van der Waals surface area contributed by atoms with Gasteiger partial charge in [-0.05, 0) is 31.0 Å². The average Bonchev–Trinajstić information content (AvgIpc) is 3.57. The third-order valence-electron chi connectivity index (χ3n) is 5.61. The summed E-state index contributed by atoms with van der Waals surface area (Å²) in [6, 6.07) is 16.2.